The number of carboxylic acids is 1. The molecule has 1 fully saturated rings. The number of amides is 3. The van der Waals surface area contributed by atoms with Crippen molar-refractivity contribution in [2.75, 3.05) is 6.54 Å². The standard InChI is InChI=1S/C21H34N6O6/c1-4-11(2)16(20(31)27-17(12(3)28)21(32)33)26-19(30)15(8-13-9-22-10-24-13)25-18(29)14-6-5-7-23-14/h9-12,14-17,23,28H,4-8H2,1-3H3,(H,22,24)(H,25,29)(H,26,30)(H,27,31)(H,32,33). The Labute approximate surface area is 192 Å². The van der Waals surface area contributed by atoms with E-state index >= 15 is 0 Å². The number of hydrogen-bond acceptors (Lipinski definition) is 7. The normalized spacial score (nSPS) is 20.2. The van der Waals surface area contributed by atoms with Gasteiger partial charge in [0.25, 0.3) is 0 Å². The maximum Gasteiger partial charge on any atom is 0.328 e. The van der Waals surface area contributed by atoms with Gasteiger partial charge in [0.05, 0.1) is 18.5 Å². The number of aliphatic hydroxyl groups is 1. The van der Waals surface area contributed by atoms with Crippen LogP contribution in [0.5, 0.6) is 0 Å². The third-order valence-corrected chi connectivity index (χ3v) is 5.83. The van der Waals surface area contributed by atoms with Gasteiger partial charge in [0.15, 0.2) is 6.04 Å². The van der Waals surface area contributed by atoms with Gasteiger partial charge in [-0.15, -0.1) is 0 Å². The van der Waals surface area contributed by atoms with Gasteiger partial charge in [0, 0.05) is 18.3 Å². The summed E-state index contributed by atoms with van der Waals surface area (Å²) in [5, 5.41) is 29.7. The van der Waals surface area contributed by atoms with E-state index in [9.17, 15) is 29.4 Å². The second kappa shape index (κ2) is 12.3. The van der Waals surface area contributed by atoms with Crippen molar-refractivity contribution in [2.24, 2.45) is 5.92 Å². The van der Waals surface area contributed by atoms with Crippen LogP contribution in [0.25, 0.3) is 0 Å². The Hall–Kier alpha value is -2.99. The molecule has 7 N–H and O–H groups in total. The molecule has 0 bridgehead atoms. The number of aliphatic hydroxyl groups excluding tert-OH is 1. The molecule has 1 aromatic heterocycles. The minimum Gasteiger partial charge on any atom is -0.480 e. The number of nitrogens with one attached hydrogen (secondary N) is 5. The molecule has 12 nitrogen and oxygen atoms in total. The van der Waals surface area contributed by atoms with Crippen molar-refractivity contribution in [3.63, 3.8) is 0 Å². The molecule has 0 saturated carbocycles. The van der Waals surface area contributed by atoms with Gasteiger partial charge in [0.2, 0.25) is 17.7 Å². The zero-order valence-corrected chi connectivity index (χ0v) is 19.1. The number of carbonyl (C=O) groups is 4. The molecule has 33 heavy (non-hydrogen) atoms. The van der Waals surface area contributed by atoms with Crippen LogP contribution in [0.4, 0.5) is 0 Å². The lowest BCUT2D eigenvalue weighted by molar-refractivity contribution is -0.145. The van der Waals surface area contributed by atoms with Gasteiger partial charge >= 0.3 is 5.97 Å². The minimum atomic E-state index is -1.52. The van der Waals surface area contributed by atoms with Crippen LogP contribution >= 0.6 is 0 Å². The summed E-state index contributed by atoms with van der Waals surface area (Å²) in [5.41, 5.74) is 0.624. The summed E-state index contributed by atoms with van der Waals surface area (Å²) in [6.07, 6.45) is 3.85. The number of imidazole rings is 1. The maximum atomic E-state index is 13.2. The topological polar surface area (TPSA) is 186 Å². The first-order valence-corrected chi connectivity index (χ1v) is 11.2. The molecule has 0 radical (unpaired) electrons. The summed E-state index contributed by atoms with van der Waals surface area (Å²) in [7, 11) is 0. The van der Waals surface area contributed by atoms with E-state index in [-0.39, 0.29) is 18.2 Å². The average Bonchev–Trinajstić information content (AvgIpc) is 3.48. The van der Waals surface area contributed by atoms with Crippen LogP contribution in [0, 0.1) is 5.92 Å². The second-order valence-electron chi connectivity index (χ2n) is 8.43. The van der Waals surface area contributed by atoms with Gasteiger partial charge in [-0.05, 0) is 32.2 Å². The summed E-state index contributed by atoms with van der Waals surface area (Å²) in [6, 6.07) is -3.95. The van der Waals surface area contributed by atoms with E-state index in [0.29, 0.717) is 18.5 Å². The van der Waals surface area contributed by atoms with E-state index < -0.39 is 48.1 Å². The van der Waals surface area contributed by atoms with Gasteiger partial charge in [-0.25, -0.2) is 9.78 Å². The largest absolute Gasteiger partial charge is 0.480 e. The van der Waals surface area contributed by atoms with Gasteiger partial charge in [-0.2, -0.15) is 0 Å². The SMILES string of the molecule is CCC(C)C(NC(=O)C(Cc1cnc[nH]1)NC(=O)C1CCCN1)C(=O)NC(C(=O)O)C(C)O. The molecule has 1 aliphatic rings. The number of aromatic nitrogens is 2. The molecule has 3 amide bonds. The molecule has 12 heteroatoms. The van der Waals surface area contributed by atoms with Crippen LogP contribution in [-0.2, 0) is 25.6 Å². The molecule has 2 rings (SSSR count). The first-order valence-electron chi connectivity index (χ1n) is 11.2. The number of aliphatic carboxylic acids is 1. The molecular formula is C21H34N6O6. The number of aromatic amines is 1. The summed E-state index contributed by atoms with van der Waals surface area (Å²) in [6.45, 7) is 5.55. The number of H-pyrrole nitrogens is 1. The van der Waals surface area contributed by atoms with Crippen molar-refractivity contribution in [3.05, 3.63) is 18.2 Å². The Balaban J connectivity index is 2.17. The number of rotatable bonds is 12. The van der Waals surface area contributed by atoms with Crippen LogP contribution in [0.15, 0.2) is 12.5 Å². The molecule has 0 aromatic carbocycles. The lowest BCUT2D eigenvalue weighted by Gasteiger charge is -2.28. The molecule has 6 atom stereocenters. The molecule has 1 aliphatic heterocycles. The molecule has 184 valence electrons. The first-order chi connectivity index (χ1) is 15.6. The first kappa shape index (κ1) is 26.3. The third kappa shape index (κ3) is 7.53. The van der Waals surface area contributed by atoms with Crippen LogP contribution in [-0.4, -0.2) is 80.7 Å². The van der Waals surface area contributed by atoms with Crippen molar-refractivity contribution < 1.29 is 29.4 Å². The monoisotopic (exact) mass is 466 g/mol. The van der Waals surface area contributed by atoms with Crippen molar-refractivity contribution in [2.45, 2.75) is 76.7 Å². The molecule has 1 aromatic rings. The smallest absolute Gasteiger partial charge is 0.328 e. The lowest BCUT2D eigenvalue weighted by Crippen LogP contribution is -2.60. The highest BCUT2D eigenvalue weighted by Crippen LogP contribution is 2.11. The lowest BCUT2D eigenvalue weighted by atomic mass is 9.97. The fourth-order valence-electron chi connectivity index (χ4n) is 3.59. The molecule has 0 aliphatic carbocycles. The highest BCUT2D eigenvalue weighted by atomic mass is 16.4. The Kier molecular flexibility index (Phi) is 9.79. The van der Waals surface area contributed by atoms with Crippen molar-refractivity contribution in [3.8, 4) is 0 Å². The third-order valence-electron chi connectivity index (χ3n) is 5.83. The molecule has 6 unspecified atom stereocenters. The number of carbonyl (C=O) groups excluding carboxylic acids is 3. The predicted molar refractivity (Wildman–Crippen MR) is 118 cm³/mol. The maximum absolute atomic E-state index is 13.2. The average molecular weight is 467 g/mol. The van der Waals surface area contributed by atoms with Crippen molar-refractivity contribution in [1.82, 2.24) is 31.2 Å². The summed E-state index contributed by atoms with van der Waals surface area (Å²) in [5.74, 6) is -3.34. The Morgan fingerprint density at radius 1 is 1.15 bits per heavy atom. The fraction of sp³-hybridized carbons (Fsp3) is 0.667. The highest BCUT2D eigenvalue weighted by molar-refractivity contribution is 5.94. The Bertz CT molecular complexity index is 808. The second-order valence-corrected chi connectivity index (χ2v) is 8.43. The van der Waals surface area contributed by atoms with Crippen molar-refractivity contribution >= 4 is 23.7 Å². The van der Waals surface area contributed by atoms with Crippen LogP contribution in [0.2, 0.25) is 0 Å². The van der Waals surface area contributed by atoms with E-state index in [0.717, 1.165) is 13.0 Å². The van der Waals surface area contributed by atoms with Crippen LogP contribution < -0.4 is 21.3 Å². The fourth-order valence-corrected chi connectivity index (χ4v) is 3.59. The van der Waals surface area contributed by atoms with Crippen molar-refractivity contribution in [1.29, 1.82) is 0 Å². The Morgan fingerprint density at radius 2 is 1.85 bits per heavy atom. The van der Waals surface area contributed by atoms with E-state index in [1.165, 1.54) is 13.3 Å². The van der Waals surface area contributed by atoms with E-state index in [2.05, 4.69) is 31.2 Å². The number of hydrogen-bond donors (Lipinski definition) is 7. The van der Waals surface area contributed by atoms with Gasteiger partial charge < -0.3 is 36.5 Å². The van der Waals surface area contributed by atoms with Crippen LogP contribution in [0.1, 0.15) is 45.7 Å². The van der Waals surface area contributed by atoms with E-state index in [1.807, 2.05) is 6.92 Å². The zero-order chi connectivity index (χ0) is 24.5. The number of carboxylic acid groups (broad SMARTS) is 1. The molecule has 2 heterocycles. The quantitative estimate of drug-likeness (QED) is 0.197. The minimum absolute atomic E-state index is 0.130. The summed E-state index contributed by atoms with van der Waals surface area (Å²) >= 11 is 0. The predicted octanol–water partition coefficient (Wildman–Crippen LogP) is -1.33. The van der Waals surface area contributed by atoms with E-state index in [1.54, 1.807) is 13.1 Å². The molecule has 0 spiro atoms. The molecular weight excluding hydrogens is 432 g/mol. The molecule has 1 saturated heterocycles. The van der Waals surface area contributed by atoms with Gasteiger partial charge in [-0.1, -0.05) is 20.3 Å². The van der Waals surface area contributed by atoms with Gasteiger partial charge in [-0.3, -0.25) is 14.4 Å². The van der Waals surface area contributed by atoms with E-state index in [4.69, 9.17) is 0 Å². The highest BCUT2D eigenvalue weighted by Gasteiger charge is 2.34. The van der Waals surface area contributed by atoms with Gasteiger partial charge in [0.1, 0.15) is 12.1 Å². The Morgan fingerprint density at radius 3 is 2.36 bits per heavy atom. The summed E-state index contributed by atoms with van der Waals surface area (Å²) < 4.78 is 0. The van der Waals surface area contributed by atoms with Crippen LogP contribution in [0.3, 0.4) is 0 Å². The number of nitrogens with zero attached hydrogens (tertiary/aromatic N) is 1. The summed E-state index contributed by atoms with van der Waals surface area (Å²) in [4.78, 5) is 56.9. The zero-order valence-electron chi connectivity index (χ0n) is 19.1.